The van der Waals surface area contributed by atoms with Crippen LogP contribution in [0.2, 0.25) is 0 Å². The van der Waals surface area contributed by atoms with Gasteiger partial charge in [-0.1, -0.05) is 13.0 Å². The van der Waals surface area contributed by atoms with Gasteiger partial charge in [-0.05, 0) is 36.3 Å². The van der Waals surface area contributed by atoms with Crippen LogP contribution in [0.15, 0.2) is 23.1 Å². The van der Waals surface area contributed by atoms with Gasteiger partial charge in [-0.2, -0.15) is 11.8 Å². The monoisotopic (exact) mass is 345 g/mol. The summed E-state index contributed by atoms with van der Waals surface area (Å²) < 4.78 is 38.7. The first-order chi connectivity index (χ1) is 10.5. The fraction of sp³-hybridized carbons (Fsp3) is 0.600. The minimum absolute atomic E-state index is 0.186. The second-order valence-corrected chi connectivity index (χ2v) is 8.19. The first-order valence-electron chi connectivity index (χ1n) is 7.26. The number of aryl methyl sites for hydroxylation is 1. The Hall–Kier alpha value is -0.760. The second-order valence-electron chi connectivity index (χ2n) is 5.35. The maximum Gasteiger partial charge on any atom is 0.244 e. The summed E-state index contributed by atoms with van der Waals surface area (Å²) in [5.41, 5.74) is 0.548. The number of hydrogen-bond acceptors (Lipinski definition) is 5. The van der Waals surface area contributed by atoms with Crippen LogP contribution in [0.4, 0.5) is 0 Å². The third-order valence-corrected chi connectivity index (χ3v) is 6.66. The summed E-state index contributed by atoms with van der Waals surface area (Å²) in [6.45, 7) is 2.26. The Morgan fingerprint density at radius 1 is 1.36 bits per heavy atom. The molecule has 1 aliphatic rings. The summed E-state index contributed by atoms with van der Waals surface area (Å²) in [6, 6.07) is 5.25. The highest BCUT2D eigenvalue weighted by Gasteiger charge is 2.36. The molecule has 1 N–H and O–H groups in total. The Balaban J connectivity index is 2.23. The molecule has 5 nitrogen and oxygen atoms in total. The van der Waals surface area contributed by atoms with E-state index in [0.717, 1.165) is 29.9 Å². The fourth-order valence-electron chi connectivity index (χ4n) is 2.42. The predicted molar refractivity (Wildman–Crippen MR) is 89.2 cm³/mol. The maximum absolute atomic E-state index is 12.6. The maximum atomic E-state index is 12.6. The number of methoxy groups -OCH3 is 2. The van der Waals surface area contributed by atoms with Crippen molar-refractivity contribution in [3.05, 3.63) is 23.8 Å². The molecule has 124 valence electrons. The van der Waals surface area contributed by atoms with Crippen molar-refractivity contribution < 1.29 is 17.9 Å². The summed E-state index contributed by atoms with van der Waals surface area (Å²) in [4.78, 5) is 0.186. The van der Waals surface area contributed by atoms with Gasteiger partial charge in [0.1, 0.15) is 10.6 Å². The van der Waals surface area contributed by atoms with Crippen LogP contribution in [0.5, 0.6) is 5.75 Å². The molecule has 0 aromatic heterocycles. The van der Waals surface area contributed by atoms with Crippen LogP contribution in [0.25, 0.3) is 0 Å². The number of ether oxygens (including phenoxy) is 2. The SMILES string of the molecule is CCc1ccc(OC)c(S(=O)(=O)NCC2(OC)CCSC2)c1. The molecule has 1 atom stereocenters. The van der Waals surface area contributed by atoms with Gasteiger partial charge in [0, 0.05) is 19.4 Å². The third-order valence-electron chi connectivity index (χ3n) is 4.01. The van der Waals surface area contributed by atoms with Gasteiger partial charge in [-0.15, -0.1) is 0 Å². The zero-order valence-electron chi connectivity index (χ0n) is 13.2. The van der Waals surface area contributed by atoms with Crippen molar-refractivity contribution in [1.82, 2.24) is 4.72 Å². The lowest BCUT2D eigenvalue weighted by molar-refractivity contribution is 0.0179. The first-order valence-corrected chi connectivity index (χ1v) is 9.89. The van der Waals surface area contributed by atoms with Crippen LogP contribution in [0.3, 0.4) is 0 Å². The van der Waals surface area contributed by atoms with Crippen LogP contribution in [0.1, 0.15) is 18.9 Å². The Bertz CT molecular complexity index is 610. The molecule has 0 spiro atoms. The molecule has 0 saturated carbocycles. The van der Waals surface area contributed by atoms with Crippen molar-refractivity contribution in [2.75, 3.05) is 32.3 Å². The smallest absolute Gasteiger partial charge is 0.244 e. The average molecular weight is 345 g/mol. The molecule has 2 rings (SSSR count). The van der Waals surface area contributed by atoms with Gasteiger partial charge in [0.15, 0.2) is 0 Å². The first kappa shape index (κ1) is 17.6. The molecule has 0 bridgehead atoms. The van der Waals surface area contributed by atoms with E-state index in [1.807, 2.05) is 13.0 Å². The third kappa shape index (κ3) is 3.76. The molecule has 0 amide bonds. The van der Waals surface area contributed by atoms with Crippen molar-refractivity contribution in [1.29, 1.82) is 0 Å². The van der Waals surface area contributed by atoms with Gasteiger partial charge in [0.2, 0.25) is 10.0 Å². The number of thioether (sulfide) groups is 1. The van der Waals surface area contributed by atoms with E-state index >= 15 is 0 Å². The van der Waals surface area contributed by atoms with Crippen molar-refractivity contribution in [2.45, 2.75) is 30.3 Å². The minimum Gasteiger partial charge on any atom is -0.495 e. The van der Waals surface area contributed by atoms with E-state index in [2.05, 4.69) is 4.72 Å². The molecule has 1 unspecified atom stereocenters. The fourth-order valence-corrected chi connectivity index (χ4v) is 5.14. The number of hydrogen-bond donors (Lipinski definition) is 1. The van der Waals surface area contributed by atoms with Crippen LogP contribution < -0.4 is 9.46 Å². The summed E-state index contributed by atoms with van der Waals surface area (Å²) in [5.74, 6) is 2.15. The molecular weight excluding hydrogens is 322 g/mol. The highest BCUT2D eigenvalue weighted by Crippen LogP contribution is 2.31. The molecule has 7 heteroatoms. The Kier molecular flexibility index (Phi) is 5.76. The van der Waals surface area contributed by atoms with Crippen molar-refractivity contribution >= 4 is 21.8 Å². The van der Waals surface area contributed by atoms with E-state index in [0.29, 0.717) is 5.75 Å². The van der Waals surface area contributed by atoms with E-state index in [4.69, 9.17) is 9.47 Å². The van der Waals surface area contributed by atoms with Crippen molar-refractivity contribution in [2.24, 2.45) is 0 Å². The standard InChI is InChI=1S/C15H23NO4S2/c1-4-12-5-6-13(19-2)14(9-12)22(17,18)16-10-15(20-3)7-8-21-11-15/h5-6,9,16H,4,7-8,10-11H2,1-3H3. The zero-order valence-corrected chi connectivity index (χ0v) is 14.9. The zero-order chi connectivity index (χ0) is 16.2. The van der Waals surface area contributed by atoms with E-state index in [-0.39, 0.29) is 11.4 Å². The molecule has 0 aliphatic carbocycles. The summed E-state index contributed by atoms with van der Waals surface area (Å²) in [6.07, 6.45) is 1.62. The van der Waals surface area contributed by atoms with Crippen LogP contribution >= 0.6 is 11.8 Å². The number of sulfonamides is 1. The summed E-state index contributed by atoms with van der Waals surface area (Å²) in [7, 11) is -0.522. The lowest BCUT2D eigenvalue weighted by Gasteiger charge is -2.26. The van der Waals surface area contributed by atoms with E-state index < -0.39 is 15.6 Å². The van der Waals surface area contributed by atoms with Gasteiger partial charge >= 0.3 is 0 Å². The minimum atomic E-state index is -3.64. The quantitative estimate of drug-likeness (QED) is 0.819. The number of benzene rings is 1. The molecule has 22 heavy (non-hydrogen) atoms. The number of nitrogens with one attached hydrogen (secondary N) is 1. The highest BCUT2D eigenvalue weighted by molar-refractivity contribution is 7.99. The van der Waals surface area contributed by atoms with Crippen molar-refractivity contribution in [3.63, 3.8) is 0 Å². The van der Waals surface area contributed by atoms with Gasteiger partial charge in [-0.3, -0.25) is 0 Å². The molecular formula is C15H23NO4S2. The van der Waals surface area contributed by atoms with Gasteiger partial charge < -0.3 is 9.47 Å². The Labute approximate surface area is 136 Å². The van der Waals surface area contributed by atoms with E-state index in [9.17, 15) is 8.42 Å². The van der Waals surface area contributed by atoms with Gasteiger partial charge in [0.25, 0.3) is 0 Å². The molecule has 1 aliphatic heterocycles. The topological polar surface area (TPSA) is 64.6 Å². The molecule has 0 radical (unpaired) electrons. The van der Waals surface area contributed by atoms with Crippen LogP contribution in [-0.4, -0.2) is 46.3 Å². The highest BCUT2D eigenvalue weighted by atomic mass is 32.2. The van der Waals surface area contributed by atoms with Gasteiger partial charge in [0.05, 0.1) is 12.7 Å². The lowest BCUT2D eigenvalue weighted by atomic mass is 10.0. The van der Waals surface area contributed by atoms with Crippen LogP contribution in [-0.2, 0) is 21.2 Å². The average Bonchev–Trinajstić information content (AvgIpc) is 3.02. The van der Waals surface area contributed by atoms with Crippen molar-refractivity contribution in [3.8, 4) is 5.75 Å². The lowest BCUT2D eigenvalue weighted by Crippen LogP contribution is -2.44. The molecule has 1 aromatic rings. The molecule has 1 fully saturated rings. The summed E-state index contributed by atoms with van der Waals surface area (Å²) >= 11 is 1.78. The largest absolute Gasteiger partial charge is 0.495 e. The second kappa shape index (κ2) is 7.21. The Morgan fingerprint density at radius 2 is 2.14 bits per heavy atom. The van der Waals surface area contributed by atoms with E-state index in [1.165, 1.54) is 7.11 Å². The van der Waals surface area contributed by atoms with Gasteiger partial charge in [-0.25, -0.2) is 13.1 Å². The normalized spacial score (nSPS) is 22.0. The molecule has 1 saturated heterocycles. The molecule has 1 heterocycles. The predicted octanol–water partition coefficient (Wildman–Crippen LogP) is 2.06. The Morgan fingerprint density at radius 3 is 2.68 bits per heavy atom. The molecule has 1 aromatic carbocycles. The number of rotatable bonds is 7. The van der Waals surface area contributed by atoms with E-state index in [1.54, 1.807) is 31.0 Å². The van der Waals surface area contributed by atoms with Crippen LogP contribution in [0, 0.1) is 0 Å². The summed E-state index contributed by atoms with van der Waals surface area (Å²) in [5, 5.41) is 0.